The number of amides is 1. The molecule has 0 saturated carbocycles. The predicted octanol–water partition coefficient (Wildman–Crippen LogP) is -0.597. The maximum atomic E-state index is 10.9. The van der Waals surface area contributed by atoms with E-state index in [4.69, 9.17) is 9.47 Å². The average Bonchev–Trinajstić information content (AvgIpc) is 2.43. The molecule has 0 aromatic rings. The van der Waals surface area contributed by atoms with Crippen molar-refractivity contribution in [3.63, 3.8) is 0 Å². The van der Waals surface area contributed by atoms with Gasteiger partial charge in [-0.25, -0.2) is 0 Å². The largest absolute Gasteiger partial charge is 0.380 e. The van der Waals surface area contributed by atoms with E-state index in [9.17, 15) is 4.79 Å². The minimum atomic E-state index is -0.0871. The van der Waals surface area contributed by atoms with Crippen molar-refractivity contribution >= 4 is 5.91 Å². The fourth-order valence-electron chi connectivity index (χ4n) is 1.87. The number of ether oxygens (including phenoxy) is 2. The van der Waals surface area contributed by atoms with Crippen molar-refractivity contribution in [1.29, 1.82) is 0 Å². The highest BCUT2D eigenvalue weighted by Crippen LogP contribution is 1.98. The van der Waals surface area contributed by atoms with Crippen LogP contribution in [0.5, 0.6) is 0 Å². The molecule has 0 bridgehead atoms. The van der Waals surface area contributed by atoms with Crippen molar-refractivity contribution in [2.75, 3.05) is 73.2 Å². The first-order chi connectivity index (χ1) is 9.22. The van der Waals surface area contributed by atoms with Crippen molar-refractivity contribution in [3.05, 3.63) is 0 Å². The van der Waals surface area contributed by atoms with E-state index in [1.54, 1.807) is 7.05 Å². The quantitative estimate of drug-likeness (QED) is 0.569. The maximum absolute atomic E-state index is 10.9. The molecule has 1 amide bonds. The lowest BCUT2D eigenvalue weighted by atomic mass is 10.3. The topological polar surface area (TPSA) is 54.0 Å². The summed E-state index contributed by atoms with van der Waals surface area (Å²) in [5.41, 5.74) is 0. The molecule has 1 aliphatic rings. The molecule has 0 radical (unpaired) electrons. The number of nitrogens with one attached hydrogen (secondary N) is 1. The van der Waals surface area contributed by atoms with Crippen LogP contribution in [0.1, 0.15) is 6.42 Å². The molecule has 19 heavy (non-hydrogen) atoms. The van der Waals surface area contributed by atoms with Crippen molar-refractivity contribution in [2.45, 2.75) is 6.42 Å². The molecule has 6 nitrogen and oxygen atoms in total. The van der Waals surface area contributed by atoms with E-state index in [1.807, 2.05) is 0 Å². The molecule has 1 saturated heterocycles. The average molecular weight is 273 g/mol. The monoisotopic (exact) mass is 273 g/mol. The Kier molecular flexibility index (Phi) is 8.73. The van der Waals surface area contributed by atoms with Crippen molar-refractivity contribution < 1.29 is 14.3 Å². The molecular weight excluding hydrogens is 246 g/mol. The normalized spacial score (nSPS) is 17.6. The number of likely N-dealkylation sites (N-methyl/N-ethyl adjacent to an activating group) is 2. The molecular formula is C13H27N3O3. The van der Waals surface area contributed by atoms with E-state index in [-0.39, 0.29) is 12.5 Å². The van der Waals surface area contributed by atoms with Crippen LogP contribution < -0.4 is 5.32 Å². The lowest BCUT2D eigenvalue weighted by molar-refractivity contribution is -0.125. The van der Waals surface area contributed by atoms with Gasteiger partial charge in [-0.05, 0) is 13.5 Å². The number of hydrogen-bond acceptors (Lipinski definition) is 5. The van der Waals surface area contributed by atoms with Gasteiger partial charge >= 0.3 is 0 Å². The third-order valence-corrected chi connectivity index (χ3v) is 3.24. The molecule has 0 atom stereocenters. The molecule has 0 aliphatic carbocycles. The lowest BCUT2D eigenvalue weighted by Crippen LogP contribution is -2.45. The molecule has 1 heterocycles. The van der Waals surface area contributed by atoms with Crippen LogP contribution in [0.3, 0.4) is 0 Å². The molecule has 0 spiro atoms. The second-order valence-corrected chi connectivity index (χ2v) is 4.84. The summed E-state index contributed by atoms with van der Waals surface area (Å²) in [6, 6.07) is 0. The van der Waals surface area contributed by atoms with Crippen LogP contribution in [0.25, 0.3) is 0 Å². The lowest BCUT2D eigenvalue weighted by Gasteiger charge is -2.32. The number of rotatable bonds is 9. The van der Waals surface area contributed by atoms with Crippen LogP contribution in [0, 0.1) is 0 Å². The first-order valence-electron chi connectivity index (χ1n) is 6.99. The summed E-state index contributed by atoms with van der Waals surface area (Å²) in [4.78, 5) is 15.6. The molecule has 1 fully saturated rings. The summed E-state index contributed by atoms with van der Waals surface area (Å²) in [7, 11) is 3.76. The van der Waals surface area contributed by atoms with Gasteiger partial charge in [-0.15, -0.1) is 0 Å². The van der Waals surface area contributed by atoms with Crippen LogP contribution in [-0.4, -0.2) is 89.0 Å². The van der Waals surface area contributed by atoms with Crippen LogP contribution >= 0.6 is 0 Å². The SMILES string of the molecule is CNC(=O)COCCCOCCN1CCN(C)CC1. The van der Waals surface area contributed by atoms with Gasteiger partial charge < -0.3 is 19.7 Å². The van der Waals surface area contributed by atoms with Crippen LogP contribution in [0.2, 0.25) is 0 Å². The summed E-state index contributed by atoms with van der Waals surface area (Å²) < 4.78 is 10.7. The number of nitrogens with zero attached hydrogens (tertiary/aromatic N) is 2. The molecule has 1 aliphatic heterocycles. The Morgan fingerprint density at radius 3 is 2.47 bits per heavy atom. The van der Waals surface area contributed by atoms with Gasteiger partial charge in [0, 0.05) is 53.0 Å². The molecule has 1 N–H and O–H groups in total. The fourth-order valence-corrected chi connectivity index (χ4v) is 1.87. The highest BCUT2D eigenvalue weighted by atomic mass is 16.5. The van der Waals surface area contributed by atoms with Gasteiger partial charge in [0.15, 0.2) is 0 Å². The Labute approximate surface area is 116 Å². The highest BCUT2D eigenvalue weighted by Gasteiger charge is 2.12. The minimum absolute atomic E-state index is 0.0871. The number of carbonyl (C=O) groups is 1. The molecule has 112 valence electrons. The van der Waals surface area contributed by atoms with Gasteiger partial charge in [0.25, 0.3) is 0 Å². The standard InChI is InChI=1S/C13H27N3O3/c1-14-13(17)12-19-10-3-9-18-11-8-16-6-4-15(2)5-7-16/h3-12H2,1-2H3,(H,14,17). The van der Waals surface area contributed by atoms with E-state index in [0.29, 0.717) is 13.2 Å². The number of piperazine rings is 1. The van der Waals surface area contributed by atoms with Crippen molar-refractivity contribution in [2.24, 2.45) is 0 Å². The summed E-state index contributed by atoms with van der Waals surface area (Å²) in [5.74, 6) is -0.0871. The Morgan fingerprint density at radius 1 is 1.11 bits per heavy atom. The van der Waals surface area contributed by atoms with E-state index in [2.05, 4.69) is 22.2 Å². The van der Waals surface area contributed by atoms with E-state index >= 15 is 0 Å². The molecule has 1 rings (SSSR count). The zero-order chi connectivity index (χ0) is 13.9. The van der Waals surface area contributed by atoms with Gasteiger partial charge in [-0.2, -0.15) is 0 Å². The molecule has 0 aromatic heterocycles. The number of carbonyl (C=O) groups excluding carboxylic acids is 1. The zero-order valence-electron chi connectivity index (χ0n) is 12.2. The Morgan fingerprint density at radius 2 is 1.79 bits per heavy atom. The molecule has 0 aromatic carbocycles. The summed E-state index contributed by atoms with van der Waals surface area (Å²) in [6.45, 7) is 7.75. The molecule has 6 heteroatoms. The van der Waals surface area contributed by atoms with Crippen LogP contribution in [0.15, 0.2) is 0 Å². The minimum Gasteiger partial charge on any atom is -0.380 e. The first kappa shape index (κ1) is 16.4. The van der Waals surface area contributed by atoms with Crippen LogP contribution in [-0.2, 0) is 14.3 Å². The smallest absolute Gasteiger partial charge is 0.245 e. The van der Waals surface area contributed by atoms with Gasteiger partial charge in [-0.1, -0.05) is 0 Å². The van der Waals surface area contributed by atoms with E-state index < -0.39 is 0 Å². The predicted molar refractivity (Wildman–Crippen MR) is 74.3 cm³/mol. The summed E-state index contributed by atoms with van der Waals surface area (Å²) >= 11 is 0. The first-order valence-corrected chi connectivity index (χ1v) is 6.99. The third-order valence-electron chi connectivity index (χ3n) is 3.24. The summed E-state index contributed by atoms with van der Waals surface area (Å²) in [5, 5.41) is 2.51. The highest BCUT2D eigenvalue weighted by molar-refractivity contribution is 5.76. The van der Waals surface area contributed by atoms with Gasteiger partial charge in [0.2, 0.25) is 5.91 Å². The number of hydrogen-bond donors (Lipinski definition) is 1. The van der Waals surface area contributed by atoms with Gasteiger partial charge in [0.1, 0.15) is 6.61 Å². The van der Waals surface area contributed by atoms with E-state index in [1.165, 1.54) is 0 Å². The van der Waals surface area contributed by atoms with Crippen molar-refractivity contribution in [1.82, 2.24) is 15.1 Å². The second-order valence-electron chi connectivity index (χ2n) is 4.84. The third kappa shape index (κ3) is 8.15. The fraction of sp³-hybridized carbons (Fsp3) is 0.923. The van der Waals surface area contributed by atoms with Gasteiger partial charge in [0.05, 0.1) is 6.61 Å². The van der Waals surface area contributed by atoms with Crippen LogP contribution in [0.4, 0.5) is 0 Å². The summed E-state index contributed by atoms with van der Waals surface area (Å²) in [6.07, 6.45) is 0.833. The Balaban J connectivity index is 1.82. The van der Waals surface area contributed by atoms with E-state index in [0.717, 1.165) is 45.8 Å². The molecule has 0 unspecified atom stereocenters. The van der Waals surface area contributed by atoms with Gasteiger partial charge in [-0.3, -0.25) is 9.69 Å². The zero-order valence-corrected chi connectivity index (χ0v) is 12.2. The Bertz CT molecular complexity index is 243. The second kappa shape index (κ2) is 10.1. The van der Waals surface area contributed by atoms with Crippen molar-refractivity contribution in [3.8, 4) is 0 Å². The maximum Gasteiger partial charge on any atom is 0.245 e. The Hall–Kier alpha value is -0.690.